The molecule has 0 aliphatic rings. The summed E-state index contributed by atoms with van der Waals surface area (Å²) in [6.07, 6.45) is 0. The third-order valence-corrected chi connectivity index (χ3v) is 3.61. The Bertz CT molecular complexity index is 829. The van der Waals surface area contributed by atoms with Gasteiger partial charge in [-0.2, -0.15) is 0 Å². The third-order valence-electron chi connectivity index (χ3n) is 3.61. The van der Waals surface area contributed by atoms with Gasteiger partial charge >= 0.3 is 0 Å². The molecule has 9 heteroatoms. The van der Waals surface area contributed by atoms with Crippen molar-refractivity contribution in [3.8, 4) is 5.75 Å². The lowest BCUT2D eigenvalue weighted by Gasteiger charge is -2.14. The summed E-state index contributed by atoms with van der Waals surface area (Å²) in [5.41, 5.74) is 0.108. The number of anilines is 2. The zero-order chi connectivity index (χ0) is 20.0. The van der Waals surface area contributed by atoms with Crippen LogP contribution in [0.15, 0.2) is 36.4 Å². The molecule has 2 rings (SSSR count). The molecule has 6 nitrogen and oxygen atoms in total. The summed E-state index contributed by atoms with van der Waals surface area (Å²) >= 11 is 0. The Balaban J connectivity index is 1.85. The number of carbonyl (C=O) groups excluding carboxylic acids is 2. The minimum Gasteiger partial charge on any atom is -0.497 e. The van der Waals surface area contributed by atoms with Gasteiger partial charge in [0.15, 0.2) is 30.5 Å². The summed E-state index contributed by atoms with van der Waals surface area (Å²) in [5.74, 6) is -4.80. The second kappa shape index (κ2) is 9.04. The van der Waals surface area contributed by atoms with E-state index in [0.717, 1.165) is 6.07 Å². The quantitative estimate of drug-likeness (QED) is 0.631. The fraction of sp³-hybridized carbons (Fsp3) is 0.222. The summed E-state index contributed by atoms with van der Waals surface area (Å²) in [7, 11) is 3.12. The first-order chi connectivity index (χ1) is 12.8. The summed E-state index contributed by atoms with van der Waals surface area (Å²) in [4.78, 5) is 24.4. The topological polar surface area (TPSA) is 71.9 Å². The monoisotopic (exact) mass is 382 g/mol. The minimum atomic E-state index is -1.66. The smallest absolute Gasteiger partial charge is 0.279 e. The van der Waals surface area contributed by atoms with Crippen LogP contribution in [0.5, 0.6) is 5.75 Å². The Morgan fingerprint density at radius 1 is 0.926 bits per heavy atom. The van der Waals surface area contributed by atoms with Gasteiger partial charge in [0.05, 0.1) is 19.8 Å². The SMILES string of the molecule is COc1ccc(NC(=O)C[NH+](C)CC(=O)Nc2ccc(F)c(F)c2F)cc1. The van der Waals surface area contributed by atoms with Crippen LogP contribution in [0.25, 0.3) is 0 Å². The van der Waals surface area contributed by atoms with Crippen LogP contribution in [0, 0.1) is 17.5 Å². The lowest BCUT2D eigenvalue weighted by molar-refractivity contribution is -0.862. The first kappa shape index (κ1) is 20.2. The van der Waals surface area contributed by atoms with Crippen LogP contribution >= 0.6 is 0 Å². The first-order valence-corrected chi connectivity index (χ1v) is 7.98. The van der Waals surface area contributed by atoms with Crippen molar-refractivity contribution in [2.45, 2.75) is 0 Å². The van der Waals surface area contributed by atoms with Crippen molar-refractivity contribution in [1.82, 2.24) is 0 Å². The molecule has 3 N–H and O–H groups in total. The number of benzene rings is 2. The van der Waals surface area contributed by atoms with E-state index in [1.165, 1.54) is 7.11 Å². The number of carbonyl (C=O) groups is 2. The molecule has 0 heterocycles. The van der Waals surface area contributed by atoms with Gasteiger partial charge in [-0.05, 0) is 36.4 Å². The highest BCUT2D eigenvalue weighted by atomic mass is 19.2. The molecular formula is C18H19F3N3O3+. The Morgan fingerprint density at radius 3 is 2.11 bits per heavy atom. The summed E-state index contributed by atoms with van der Waals surface area (Å²) in [6, 6.07) is 8.37. The van der Waals surface area contributed by atoms with Crippen molar-refractivity contribution < 1.29 is 32.4 Å². The fourth-order valence-electron chi connectivity index (χ4n) is 2.31. The van der Waals surface area contributed by atoms with Crippen molar-refractivity contribution in [2.24, 2.45) is 0 Å². The van der Waals surface area contributed by atoms with Gasteiger partial charge in [-0.15, -0.1) is 0 Å². The predicted molar refractivity (Wildman–Crippen MR) is 93.2 cm³/mol. The minimum absolute atomic E-state index is 0.0281. The van der Waals surface area contributed by atoms with Crippen molar-refractivity contribution in [2.75, 3.05) is 37.9 Å². The molecule has 0 radical (unpaired) electrons. The Labute approximate surface area is 153 Å². The van der Waals surface area contributed by atoms with Crippen LogP contribution < -0.4 is 20.3 Å². The molecule has 0 aromatic heterocycles. The molecule has 0 fully saturated rings. The van der Waals surface area contributed by atoms with Crippen LogP contribution in [0.4, 0.5) is 24.5 Å². The maximum atomic E-state index is 13.6. The average molecular weight is 382 g/mol. The number of methoxy groups -OCH3 is 1. The highest BCUT2D eigenvalue weighted by Crippen LogP contribution is 2.19. The number of hydrogen-bond donors (Lipinski definition) is 3. The van der Waals surface area contributed by atoms with Crippen LogP contribution in [0.3, 0.4) is 0 Å². The number of ether oxygens (including phenoxy) is 1. The largest absolute Gasteiger partial charge is 0.497 e. The molecule has 0 saturated heterocycles. The number of amides is 2. The molecule has 0 aliphatic carbocycles. The van der Waals surface area contributed by atoms with Gasteiger partial charge in [-0.1, -0.05) is 0 Å². The molecule has 0 aliphatic heterocycles. The third kappa shape index (κ3) is 5.71. The van der Waals surface area contributed by atoms with Gasteiger partial charge in [0.2, 0.25) is 0 Å². The number of quaternary nitrogens is 1. The highest BCUT2D eigenvalue weighted by molar-refractivity contribution is 5.93. The van der Waals surface area contributed by atoms with E-state index >= 15 is 0 Å². The zero-order valence-corrected chi connectivity index (χ0v) is 14.7. The maximum Gasteiger partial charge on any atom is 0.279 e. The van der Waals surface area contributed by atoms with Crippen molar-refractivity contribution in [3.05, 3.63) is 53.8 Å². The molecule has 2 aromatic rings. The molecule has 27 heavy (non-hydrogen) atoms. The molecule has 0 saturated carbocycles. The van der Waals surface area contributed by atoms with E-state index in [1.54, 1.807) is 31.3 Å². The number of likely N-dealkylation sites (N-methyl/N-ethyl adjacent to an activating group) is 1. The van der Waals surface area contributed by atoms with Crippen molar-refractivity contribution in [1.29, 1.82) is 0 Å². The number of hydrogen-bond acceptors (Lipinski definition) is 3. The number of nitrogens with one attached hydrogen (secondary N) is 3. The van der Waals surface area contributed by atoms with Crippen LogP contribution in [0.1, 0.15) is 0 Å². The molecule has 2 amide bonds. The second-order valence-electron chi connectivity index (χ2n) is 5.86. The van der Waals surface area contributed by atoms with Gasteiger partial charge in [0, 0.05) is 5.69 Å². The van der Waals surface area contributed by atoms with Crippen molar-refractivity contribution in [3.63, 3.8) is 0 Å². The average Bonchev–Trinajstić information content (AvgIpc) is 2.62. The van der Waals surface area contributed by atoms with Crippen LogP contribution in [-0.2, 0) is 9.59 Å². The van der Waals surface area contributed by atoms with Crippen LogP contribution in [0.2, 0.25) is 0 Å². The molecule has 1 atom stereocenters. The molecule has 0 spiro atoms. The van der Waals surface area contributed by atoms with Gasteiger partial charge < -0.3 is 20.3 Å². The summed E-state index contributed by atoms with van der Waals surface area (Å²) in [6.45, 7) is -0.200. The van der Waals surface area contributed by atoms with E-state index < -0.39 is 29.0 Å². The number of rotatable bonds is 7. The molecule has 0 bridgehead atoms. The number of halogens is 3. The first-order valence-electron chi connectivity index (χ1n) is 7.98. The van der Waals surface area contributed by atoms with E-state index in [4.69, 9.17) is 4.74 Å². The Morgan fingerprint density at radius 2 is 1.52 bits per heavy atom. The van der Waals surface area contributed by atoms with Crippen molar-refractivity contribution >= 4 is 23.2 Å². The van der Waals surface area contributed by atoms with Gasteiger partial charge in [0.25, 0.3) is 11.8 Å². The Kier molecular flexibility index (Phi) is 6.78. The van der Waals surface area contributed by atoms with E-state index in [1.807, 2.05) is 0 Å². The lowest BCUT2D eigenvalue weighted by Crippen LogP contribution is -3.11. The zero-order valence-electron chi connectivity index (χ0n) is 14.7. The molecule has 144 valence electrons. The second-order valence-corrected chi connectivity index (χ2v) is 5.86. The normalized spacial score (nSPS) is 11.6. The molecule has 1 unspecified atom stereocenters. The van der Waals surface area contributed by atoms with Gasteiger partial charge in [-0.25, -0.2) is 13.2 Å². The van der Waals surface area contributed by atoms with E-state index in [9.17, 15) is 22.8 Å². The highest BCUT2D eigenvalue weighted by Gasteiger charge is 2.18. The van der Waals surface area contributed by atoms with E-state index in [0.29, 0.717) is 22.4 Å². The lowest BCUT2D eigenvalue weighted by atomic mass is 10.2. The summed E-state index contributed by atoms with van der Waals surface area (Å²) in [5, 5.41) is 4.83. The van der Waals surface area contributed by atoms with Gasteiger partial charge in [0.1, 0.15) is 5.75 Å². The predicted octanol–water partition coefficient (Wildman–Crippen LogP) is 1.20. The fourth-order valence-corrected chi connectivity index (χ4v) is 2.31. The van der Waals surface area contributed by atoms with Gasteiger partial charge in [-0.3, -0.25) is 9.59 Å². The van der Waals surface area contributed by atoms with Crippen LogP contribution in [-0.4, -0.2) is 39.1 Å². The van der Waals surface area contributed by atoms with E-state index in [-0.39, 0.29) is 19.0 Å². The Hall–Kier alpha value is -3.07. The van der Waals surface area contributed by atoms with E-state index in [2.05, 4.69) is 10.6 Å². The standard InChI is InChI=1S/C18H18F3N3O3/c1-24(9-15(25)22-11-3-5-12(27-2)6-4-11)10-16(26)23-14-8-7-13(19)17(20)18(14)21/h3-8H,9-10H2,1-2H3,(H,22,25)(H,23,26)/p+1. The molecular weight excluding hydrogens is 363 g/mol. The maximum absolute atomic E-state index is 13.6. The molecule has 2 aromatic carbocycles. The summed E-state index contributed by atoms with van der Waals surface area (Å²) < 4.78 is 44.6.